The molecule has 8 aliphatic heterocycles. The topological polar surface area (TPSA) is 331 Å². The highest BCUT2D eigenvalue weighted by Crippen LogP contribution is 2.45. The van der Waals surface area contributed by atoms with Gasteiger partial charge < -0.3 is 36.7 Å². The van der Waals surface area contributed by atoms with Gasteiger partial charge in [0.15, 0.2) is 0 Å². The van der Waals surface area contributed by atoms with Gasteiger partial charge in [-0.3, -0.25) is 68.5 Å². The molecule has 8 unspecified atom stereocenters. The van der Waals surface area contributed by atoms with Gasteiger partial charge in [-0.15, -0.1) is 0 Å². The lowest BCUT2D eigenvalue weighted by Gasteiger charge is -2.43. The predicted molar refractivity (Wildman–Crippen MR) is 561 cm³/mol. The number of hydrogen-bond acceptors (Lipinski definition) is 21. The summed E-state index contributed by atoms with van der Waals surface area (Å²) in [4.78, 5) is 124. The summed E-state index contributed by atoms with van der Waals surface area (Å²) in [5, 5.41) is 69.6. The van der Waals surface area contributed by atoms with Gasteiger partial charge in [0.25, 0.3) is 11.6 Å². The number of non-ortho nitro benzene ring substituents is 1. The Morgan fingerprint density at radius 2 is 0.889 bits per heavy atom. The number of para-hydroxylation sites is 1. The number of aryl methyl sites for hydroxylation is 3. The molecule has 8 amide bonds. The van der Waals surface area contributed by atoms with Gasteiger partial charge in [0, 0.05) is 44.7 Å². The molecule has 12 aromatic rings. The molecule has 6 saturated heterocycles. The van der Waals surface area contributed by atoms with Crippen molar-refractivity contribution in [1.29, 1.82) is 0 Å². The number of nitrogens with one attached hydrogen (secondary N) is 4. The quantitative estimate of drug-likeness (QED) is 0.00681. The summed E-state index contributed by atoms with van der Waals surface area (Å²) in [5.41, 5.74) is 20.7. The fraction of sp³-hybridized carbons (Fsp3) is 0.310. The number of rotatable bonds is 30. The summed E-state index contributed by atoms with van der Waals surface area (Å²) < 4.78 is 0.900. The molecule has 12 aromatic carbocycles. The van der Waals surface area contributed by atoms with Crippen molar-refractivity contribution in [3.8, 4) is 0 Å². The maximum Gasteiger partial charge on any atom is 0.269 e. The largest absolute Gasteiger partial charge is 0.391 e. The third-order valence-corrected chi connectivity index (χ3v) is 29.8. The lowest BCUT2D eigenvalue weighted by molar-refractivity contribution is -0.384. The molecule has 26 nitrogen and oxygen atoms in total. The van der Waals surface area contributed by atoms with Crippen LogP contribution in [0.3, 0.4) is 0 Å². The number of carbonyl (C=O) groups excluding carboxylic acids is 8. The monoisotopic (exact) mass is 2020 g/mol. The maximum absolute atomic E-state index is 14.0. The summed E-state index contributed by atoms with van der Waals surface area (Å²) in [6.45, 7) is 8.83. The van der Waals surface area contributed by atoms with Crippen LogP contribution in [0.4, 0.5) is 28.4 Å². The van der Waals surface area contributed by atoms with Crippen LogP contribution >= 0.6 is 27.5 Å². The van der Waals surface area contributed by atoms with Crippen molar-refractivity contribution in [1.82, 2.24) is 35.0 Å². The van der Waals surface area contributed by atoms with Crippen molar-refractivity contribution in [2.75, 3.05) is 21.2 Å². The van der Waals surface area contributed by atoms with Gasteiger partial charge in [0.1, 0.15) is 24.2 Å². The van der Waals surface area contributed by atoms with Crippen LogP contribution in [0.5, 0.6) is 0 Å². The second kappa shape index (κ2) is 46.4. The van der Waals surface area contributed by atoms with E-state index in [-0.39, 0.29) is 90.6 Å². The van der Waals surface area contributed by atoms with Crippen molar-refractivity contribution in [2.24, 2.45) is 23.7 Å². The zero-order valence-electron chi connectivity index (χ0n) is 80.8. The number of likely N-dealkylation sites (tertiary alicyclic amines) is 3. The summed E-state index contributed by atoms with van der Waals surface area (Å²) in [7, 11) is 0. The molecule has 0 aromatic heterocycles. The Hall–Kier alpha value is -13.6. The molecule has 144 heavy (non-hydrogen) atoms. The first-order valence-corrected chi connectivity index (χ1v) is 50.9. The summed E-state index contributed by atoms with van der Waals surface area (Å²) in [6.07, 6.45) is 16.3. The molecule has 0 saturated carbocycles. The number of nitro benzene ring substituents is 1. The fourth-order valence-electron chi connectivity index (χ4n) is 21.3. The molecule has 0 spiro atoms. The summed E-state index contributed by atoms with van der Waals surface area (Å²) in [5.74, 6) is -4.11. The standard InChI is InChI=1S/C33H31N3O3.C30H40N4O5.C27H23BrClN3O3.C26H26N2O3/c1-21-14-16-25(17-15-21)34-36-29(31(37)26-12-5-3-8-22(26)2)19-18-28-30(36)33(39)35(32(28)38)20-24-11-7-10-23-9-4-6-13-27(23)24;1-2-3-4-5-6-7-8-12-15-27(35)26-21-20-25-28(30(37)32(29(25)36)23-13-10-9-11-14-23)33(26)31-22-16-18-24(19-17-22)34(38)39;28-19-8-6-18(7-9-19)25(33)23-15-14-22-24(32(23)30-21-12-10-20(29)11-13-21)27(35)31(26(22)34)16-17-4-2-1-3-5-17;1-16-7-2-4-11-19(16)24(29)22-14-13-21-23(27-22)26(31)28(25(21)30)15-18-10-6-9-17-8-3-5-12-20(17)18/h3-19,28-31,34,37H,20H2,1-2H3;9-11,13-14,16-19,25-28,31,35H,2-8,12,15,20-21H2,1H3;1-15,22-25,30,33H,16H2;2-12,21-24,27,29H,13-15H2,1H3/t28?,29-,30+,31-;25?,26?,27?,28-;22?,23?,24-,25?;21?,22-,23+,24-/m1001/s1. The number of hydrogen-bond donors (Lipinski definition) is 8. The minimum Gasteiger partial charge on any atom is -0.391 e. The summed E-state index contributed by atoms with van der Waals surface area (Å²) in [6, 6.07) is 85.2. The van der Waals surface area contributed by atoms with Crippen LogP contribution < -0.4 is 26.5 Å². The lowest BCUT2D eigenvalue weighted by Crippen LogP contribution is -2.59. The molecule has 8 aliphatic rings. The highest BCUT2D eigenvalue weighted by atomic mass is 79.9. The van der Waals surface area contributed by atoms with E-state index in [0.29, 0.717) is 59.8 Å². The van der Waals surface area contributed by atoms with E-state index in [4.69, 9.17) is 11.6 Å². The Labute approximate surface area is 851 Å². The third-order valence-electron chi connectivity index (χ3n) is 29.0. The van der Waals surface area contributed by atoms with Gasteiger partial charge in [-0.1, -0.05) is 322 Å². The van der Waals surface area contributed by atoms with E-state index in [1.807, 2.05) is 245 Å². The third kappa shape index (κ3) is 22.5. The van der Waals surface area contributed by atoms with E-state index in [2.05, 4.69) is 44.4 Å². The number of aliphatic hydroxyl groups excluding tert-OH is 4. The fourth-order valence-corrected chi connectivity index (χ4v) is 21.7. The Morgan fingerprint density at radius 3 is 1.44 bits per heavy atom. The van der Waals surface area contributed by atoms with Gasteiger partial charge in [-0.25, -0.2) is 19.9 Å². The number of piperidine rings is 2. The second-order valence-corrected chi connectivity index (χ2v) is 39.7. The number of aliphatic hydroxyl groups is 4. The molecule has 6 fully saturated rings. The number of benzene rings is 12. The highest BCUT2D eigenvalue weighted by molar-refractivity contribution is 9.10. The van der Waals surface area contributed by atoms with Crippen LogP contribution in [0.2, 0.25) is 5.02 Å². The molecule has 16 atom stereocenters. The molecule has 8 heterocycles. The number of hydrazine groups is 3. The van der Waals surface area contributed by atoms with Crippen LogP contribution in [0.25, 0.3) is 21.5 Å². The molecular weight excluding hydrogens is 1900 g/mol. The maximum atomic E-state index is 14.0. The van der Waals surface area contributed by atoms with Crippen molar-refractivity contribution in [3.05, 3.63) is 385 Å². The van der Waals surface area contributed by atoms with Crippen molar-refractivity contribution in [2.45, 2.75) is 204 Å². The average Bonchev–Trinajstić information content (AvgIpc) is 1.60. The number of halogens is 2. The first-order chi connectivity index (χ1) is 69.8. The molecule has 742 valence electrons. The molecule has 0 bridgehead atoms. The Balaban J connectivity index is 0.000000132. The van der Waals surface area contributed by atoms with E-state index in [1.54, 1.807) is 93.9 Å². The van der Waals surface area contributed by atoms with E-state index in [1.165, 1.54) is 63.8 Å². The van der Waals surface area contributed by atoms with E-state index < -0.39 is 83.3 Å². The predicted octanol–water partition coefficient (Wildman–Crippen LogP) is 19.6. The van der Waals surface area contributed by atoms with Crippen LogP contribution in [0, 0.1) is 54.6 Å². The number of amides is 8. The normalized spacial score (nSPS) is 22.7. The number of anilines is 4. The molecule has 8 N–H and O–H groups in total. The van der Waals surface area contributed by atoms with Crippen LogP contribution in [-0.4, -0.2) is 157 Å². The van der Waals surface area contributed by atoms with Gasteiger partial charge in [-0.05, 0) is 192 Å². The van der Waals surface area contributed by atoms with Gasteiger partial charge in [-0.2, -0.15) is 0 Å². The Bertz CT molecular complexity index is 6680. The minimum absolute atomic E-state index is 0.0364. The second-order valence-electron chi connectivity index (χ2n) is 38.4. The number of nitrogens with zero attached hydrogens (tertiary/aromatic N) is 8. The summed E-state index contributed by atoms with van der Waals surface area (Å²) >= 11 is 9.47. The Morgan fingerprint density at radius 1 is 0.424 bits per heavy atom. The number of imide groups is 4. The van der Waals surface area contributed by atoms with Gasteiger partial charge in [0.05, 0.1) is 96.4 Å². The van der Waals surface area contributed by atoms with Crippen LogP contribution in [0.15, 0.2) is 320 Å². The smallest absolute Gasteiger partial charge is 0.269 e. The first-order valence-electron chi connectivity index (χ1n) is 49.7. The average molecular weight is 2020 g/mol. The number of nitro groups is 1. The first kappa shape index (κ1) is 102. The van der Waals surface area contributed by atoms with Crippen molar-refractivity contribution >= 4 is 125 Å². The molecular formula is C116H120BrClN12O14. The van der Waals surface area contributed by atoms with Crippen molar-refractivity contribution < 1.29 is 63.7 Å². The van der Waals surface area contributed by atoms with E-state index in [0.717, 1.165) is 95.5 Å². The Kier molecular flexibility index (Phi) is 32.9. The van der Waals surface area contributed by atoms with Gasteiger partial charge >= 0.3 is 0 Å². The SMILES string of the molecule is CCCCCCCCCCC(O)C1CCC2C(=O)N(c3ccccc3)C(=O)[C@H]2N1Nc1ccc([N+](=O)[O-])cc1.Cc1ccc(NN2[C@@H]3C(=O)N(Cc4cccc5ccccc45)C(=O)C3C=C[C@@H]2[C@H](O)c2ccccc2C)cc1.Cc1ccccc1[C@@H](O)[C@H]1CCC2C(=O)N(Cc3cccc4ccccc34)C(=O)[C@H]2N1.O=C1C2C=CC(C(O)c3ccc(Br)cc3)N(Nc3ccc(Cl)cc3)[C@@H]2C(=O)N1Cc1ccccc1. The zero-order valence-corrected chi connectivity index (χ0v) is 83.1. The minimum atomic E-state index is -0.939. The number of carbonyl (C=O) groups is 8. The van der Waals surface area contributed by atoms with Gasteiger partial charge in [0.2, 0.25) is 41.4 Å². The highest BCUT2D eigenvalue weighted by Gasteiger charge is 2.59. The van der Waals surface area contributed by atoms with Crippen LogP contribution in [-0.2, 0) is 58.0 Å². The zero-order chi connectivity index (χ0) is 101. The number of unbranched alkanes of at least 4 members (excludes halogenated alkanes) is 7. The molecule has 28 heteroatoms. The van der Waals surface area contributed by atoms with E-state index in [9.17, 15) is 68.9 Å². The molecule has 0 radical (unpaired) electrons. The van der Waals surface area contributed by atoms with Crippen LogP contribution in [0.1, 0.15) is 159 Å². The lowest BCUT2D eigenvalue weighted by atomic mass is 9.85. The van der Waals surface area contributed by atoms with Crippen molar-refractivity contribution in [3.63, 3.8) is 0 Å². The molecule has 20 rings (SSSR count). The molecule has 0 aliphatic carbocycles. The van der Waals surface area contributed by atoms with E-state index >= 15 is 0 Å². The number of fused-ring (bicyclic) bond motifs is 6.